The van der Waals surface area contributed by atoms with Crippen molar-refractivity contribution in [2.24, 2.45) is 0 Å². The molecule has 0 unspecified atom stereocenters. The topological polar surface area (TPSA) is 63.0 Å². The quantitative estimate of drug-likeness (QED) is 0.876. The molecule has 2 rings (SSSR count). The van der Waals surface area contributed by atoms with E-state index in [0.717, 1.165) is 14.6 Å². The van der Waals surface area contributed by atoms with Gasteiger partial charge in [-0.25, -0.2) is 0 Å². The fraction of sp³-hybridized carbons (Fsp3) is 0.200. The van der Waals surface area contributed by atoms with Gasteiger partial charge in [-0.05, 0) is 41.2 Å². The molecule has 0 saturated heterocycles. The maximum atomic E-state index is 5.39. The van der Waals surface area contributed by atoms with E-state index in [1.165, 1.54) is 0 Å². The number of aromatic nitrogens is 2. The number of hydrogen-bond donors (Lipinski definition) is 2. The first-order valence-electron chi connectivity index (χ1n) is 4.88. The van der Waals surface area contributed by atoms with Gasteiger partial charge in [0.25, 0.3) is 0 Å². The summed E-state index contributed by atoms with van der Waals surface area (Å²) in [4.78, 5) is 0. The maximum absolute atomic E-state index is 5.39. The van der Waals surface area contributed by atoms with Crippen molar-refractivity contribution in [3.8, 4) is 0 Å². The molecule has 2 N–H and O–H groups in total. The lowest BCUT2D eigenvalue weighted by molar-refractivity contribution is 0.493. The van der Waals surface area contributed by atoms with Crippen molar-refractivity contribution in [2.75, 3.05) is 12.4 Å². The van der Waals surface area contributed by atoms with E-state index >= 15 is 0 Å². The van der Waals surface area contributed by atoms with E-state index < -0.39 is 0 Å². The molecule has 0 radical (unpaired) electrons. The van der Waals surface area contributed by atoms with Crippen LogP contribution >= 0.6 is 31.9 Å². The SMILES string of the molecule is CNCc1nnc(Nc2cc(Br)ccc2Br)o1. The summed E-state index contributed by atoms with van der Waals surface area (Å²) >= 11 is 6.84. The Morgan fingerprint density at radius 3 is 2.88 bits per heavy atom. The summed E-state index contributed by atoms with van der Waals surface area (Å²) in [5, 5.41) is 13.8. The minimum absolute atomic E-state index is 0.369. The number of rotatable bonds is 4. The molecule has 0 fully saturated rings. The highest BCUT2D eigenvalue weighted by molar-refractivity contribution is 9.11. The first-order chi connectivity index (χ1) is 8.19. The Hall–Kier alpha value is -0.920. The van der Waals surface area contributed by atoms with E-state index in [4.69, 9.17) is 4.42 Å². The molecule has 0 atom stereocenters. The van der Waals surface area contributed by atoms with E-state index in [1.807, 2.05) is 25.2 Å². The lowest BCUT2D eigenvalue weighted by atomic mass is 10.3. The summed E-state index contributed by atoms with van der Waals surface area (Å²) in [6, 6.07) is 6.16. The van der Waals surface area contributed by atoms with Crippen LogP contribution in [-0.2, 0) is 6.54 Å². The summed E-state index contributed by atoms with van der Waals surface area (Å²) in [6.07, 6.45) is 0. The molecule has 0 spiro atoms. The molecule has 7 heteroatoms. The van der Waals surface area contributed by atoms with Gasteiger partial charge in [0, 0.05) is 8.95 Å². The zero-order valence-electron chi connectivity index (χ0n) is 9.00. The molecule has 0 aliphatic rings. The second kappa shape index (κ2) is 5.61. The van der Waals surface area contributed by atoms with Crippen LogP contribution in [0.25, 0.3) is 0 Å². The van der Waals surface area contributed by atoms with Gasteiger partial charge in [0.1, 0.15) is 0 Å². The Kier molecular flexibility index (Phi) is 4.14. The number of nitrogens with one attached hydrogen (secondary N) is 2. The number of benzene rings is 1. The summed E-state index contributed by atoms with van der Waals surface area (Å²) in [5.74, 6) is 0.543. The van der Waals surface area contributed by atoms with Crippen molar-refractivity contribution in [3.63, 3.8) is 0 Å². The Balaban J connectivity index is 2.16. The highest BCUT2D eigenvalue weighted by Gasteiger charge is 2.07. The predicted molar refractivity (Wildman–Crippen MR) is 72.2 cm³/mol. The van der Waals surface area contributed by atoms with Crippen molar-refractivity contribution >= 4 is 43.6 Å². The molecular weight excluding hydrogens is 352 g/mol. The highest BCUT2D eigenvalue weighted by Crippen LogP contribution is 2.28. The Morgan fingerprint density at radius 2 is 2.12 bits per heavy atom. The average molecular weight is 362 g/mol. The Bertz CT molecular complexity index is 515. The van der Waals surface area contributed by atoms with Crippen LogP contribution in [0.2, 0.25) is 0 Å². The zero-order chi connectivity index (χ0) is 12.3. The number of anilines is 2. The Labute approximate surface area is 115 Å². The van der Waals surface area contributed by atoms with Crippen LogP contribution in [0.1, 0.15) is 5.89 Å². The average Bonchev–Trinajstić information content (AvgIpc) is 2.72. The molecule has 2 aromatic rings. The minimum atomic E-state index is 0.369. The summed E-state index contributed by atoms with van der Waals surface area (Å²) in [5.41, 5.74) is 0.860. The van der Waals surface area contributed by atoms with Gasteiger partial charge in [-0.15, -0.1) is 5.10 Å². The van der Waals surface area contributed by atoms with E-state index in [0.29, 0.717) is 18.5 Å². The molecule has 0 amide bonds. The van der Waals surface area contributed by atoms with Gasteiger partial charge in [0.15, 0.2) is 0 Å². The van der Waals surface area contributed by atoms with E-state index in [-0.39, 0.29) is 0 Å². The molecule has 90 valence electrons. The van der Waals surface area contributed by atoms with Crippen LogP contribution < -0.4 is 10.6 Å². The van der Waals surface area contributed by atoms with Crippen LogP contribution in [0.5, 0.6) is 0 Å². The van der Waals surface area contributed by atoms with Gasteiger partial charge >= 0.3 is 6.01 Å². The van der Waals surface area contributed by atoms with Crippen molar-refractivity contribution in [2.45, 2.75) is 6.54 Å². The molecule has 0 bridgehead atoms. The van der Waals surface area contributed by atoms with Gasteiger partial charge in [0.05, 0.1) is 12.2 Å². The second-order valence-electron chi connectivity index (χ2n) is 3.28. The third kappa shape index (κ3) is 3.27. The molecule has 1 aromatic carbocycles. The molecule has 5 nitrogen and oxygen atoms in total. The minimum Gasteiger partial charge on any atom is -0.406 e. The molecule has 17 heavy (non-hydrogen) atoms. The molecule has 1 aromatic heterocycles. The highest BCUT2D eigenvalue weighted by atomic mass is 79.9. The molecule has 1 heterocycles. The number of halogens is 2. The summed E-state index contributed by atoms with van der Waals surface area (Å²) in [6.45, 7) is 0.550. The van der Waals surface area contributed by atoms with Gasteiger partial charge in [-0.2, -0.15) is 0 Å². The summed E-state index contributed by atoms with van der Waals surface area (Å²) < 4.78 is 7.29. The van der Waals surface area contributed by atoms with Gasteiger partial charge in [0.2, 0.25) is 5.89 Å². The van der Waals surface area contributed by atoms with Gasteiger partial charge < -0.3 is 15.1 Å². The fourth-order valence-electron chi connectivity index (χ4n) is 1.24. The van der Waals surface area contributed by atoms with Gasteiger partial charge in [-0.1, -0.05) is 21.0 Å². The lowest BCUT2D eigenvalue weighted by Gasteiger charge is -2.04. The monoisotopic (exact) mass is 360 g/mol. The maximum Gasteiger partial charge on any atom is 0.320 e. The number of hydrogen-bond acceptors (Lipinski definition) is 5. The first kappa shape index (κ1) is 12.5. The number of nitrogens with zero attached hydrogens (tertiary/aromatic N) is 2. The smallest absolute Gasteiger partial charge is 0.320 e. The predicted octanol–water partition coefficient (Wildman–Crippen LogP) is 3.06. The van der Waals surface area contributed by atoms with Crippen molar-refractivity contribution in [3.05, 3.63) is 33.0 Å². The molecular formula is C10H10Br2N4O. The van der Waals surface area contributed by atoms with Crippen molar-refractivity contribution in [1.82, 2.24) is 15.5 Å². The lowest BCUT2D eigenvalue weighted by Crippen LogP contribution is -2.04. The van der Waals surface area contributed by atoms with E-state index in [1.54, 1.807) is 0 Å². The summed E-state index contributed by atoms with van der Waals surface area (Å²) in [7, 11) is 1.82. The third-order valence-electron chi connectivity index (χ3n) is 1.96. The third-order valence-corrected chi connectivity index (χ3v) is 3.15. The van der Waals surface area contributed by atoms with Crippen LogP contribution in [0, 0.1) is 0 Å². The molecule has 0 aliphatic carbocycles. The van der Waals surface area contributed by atoms with Crippen molar-refractivity contribution in [1.29, 1.82) is 0 Å². The van der Waals surface area contributed by atoms with E-state index in [9.17, 15) is 0 Å². The second-order valence-corrected chi connectivity index (χ2v) is 5.05. The van der Waals surface area contributed by atoms with Crippen molar-refractivity contribution < 1.29 is 4.42 Å². The van der Waals surface area contributed by atoms with Crippen LogP contribution in [0.15, 0.2) is 31.6 Å². The van der Waals surface area contributed by atoms with Crippen LogP contribution in [-0.4, -0.2) is 17.2 Å². The normalized spacial score (nSPS) is 10.5. The largest absolute Gasteiger partial charge is 0.406 e. The molecule has 0 saturated carbocycles. The van der Waals surface area contributed by atoms with E-state index in [2.05, 4.69) is 52.7 Å². The molecule has 0 aliphatic heterocycles. The van der Waals surface area contributed by atoms with Gasteiger partial charge in [-0.3, -0.25) is 0 Å². The zero-order valence-corrected chi connectivity index (χ0v) is 12.2. The first-order valence-corrected chi connectivity index (χ1v) is 6.46. The standard InChI is InChI=1S/C10H10Br2N4O/c1-13-5-9-15-16-10(17-9)14-8-4-6(11)2-3-7(8)12/h2-4,13H,5H2,1H3,(H,14,16). The Morgan fingerprint density at radius 1 is 1.29 bits per heavy atom. The fourth-order valence-corrected chi connectivity index (χ4v) is 1.94. The van der Waals surface area contributed by atoms with Crippen LogP contribution in [0.4, 0.5) is 11.7 Å². The van der Waals surface area contributed by atoms with Crippen LogP contribution in [0.3, 0.4) is 0 Å².